The van der Waals surface area contributed by atoms with Gasteiger partial charge in [0.1, 0.15) is 11.3 Å². The number of hydrogen-bond acceptors (Lipinski definition) is 5. The highest BCUT2D eigenvalue weighted by molar-refractivity contribution is 5.90. The number of likely N-dealkylation sites (tertiary alicyclic amines) is 1. The van der Waals surface area contributed by atoms with Crippen LogP contribution in [0.2, 0.25) is 0 Å². The lowest BCUT2D eigenvalue weighted by Crippen LogP contribution is -2.53. The van der Waals surface area contributed by atoms with E-state index in [1.54, 1.807) is 6.07 Å². The van der Waals surface area contributed by atoms with Crippen LogP contribution in [0.15, 0.2) is 16.7 Å². The van der Waals surface area contributed by atoms with E-state index in [9.17, 15) is 9.90 Å². The smallest absolute Gasteiger partial charge is 0.341 e. The molecule has 2 heterocycles. The molecule has 0 aromatic carbocycles. The van der Waals surface area contributed by atoms with Crippen molar-refractivity contribution in [3.8, 4) is 0 Å². The standard InChI is InChI=1S/C16H23NO4/c1-20-15(18)13-5-9-21-14(13)11-17-8-7-16(19)6-3-2-4-12(16)10-17/h5,9,12,19H,2-4,6-8,10-11H2,1H3. The van der Waals surface area contributed by atoms with Crippen LogP contribution in [0.1, 0.15) is 48.2 Å². The summed E-state index contributed by atoms with van der Waals surface area (Å²) in [4.78, 5) is 13.9. The minimum absolute atomic E-state index is 0.344. The molecule has 116 valence electrons. The summed E-state index contributed by atoms with van der Waals surface area (Å²) in [5.41, 5.74) is 0.0327. The predicted molar refractivity (Wildman–Crippen MR) is 76.8 cm³/mol. The zero-order valence-corrected chi connectivity index (χ0v) is 12.5. The van der Waals surface area contributed by atoms with E-state index in [0.717, 1.165) is 38.8 Å². The highest BCUT2D eigenvalue weighted by Gasteiger charge is 2.42. The second-order valence-corrected chi connectivity index (χ2v) is 6.28. The van der Waals surface area contributed by atoms with E-state index in [4.69, 9.17) is 9.15 Å². The second kappa shape index (κ2) is 5.81. The fraction of sp³-hybridized carbons (Fsp3) is 0.688. The Hall–Kier alpha value is -1.33. The number of ether oxygens (including phenoxy) is 1. The lowest BCUT2D eigenvalue weighted by Gasteiger charge is -2.47. The summed E-state index contributed by atoms with van der Waals surface area (Å²) in [6.45, 7) is 2.32. The number of hydrogen-bond donors (Lipinski definition) is 1. The van der Waals surface area contributed by atoms with Gasteiger partial charge in [0.15, 0.2) is 0 Å². The zero-order valence-electron chi connectivity index (χ0n) is 12.5. The molecule has 1 aliphatic heterocycles. The molecule has 1 aromatic rings. The van der Waals surface area contributed by atoms with Gasteiger partial charge in [-0.1, -0.05) is 12.8 Å². The van der Waals surface area contributed by atoms with Crippen molar-refractivity contribution >= 4 is 5.97 Å². The molecule has 1 saturated carbocycles. The normalized spacial score (nSPS) is 29.9. The minimum atomic E-state index is -0.469. The number of fused-ring (bicyclic) bond motifs is 1. The van der Waals surface area contributed by atoms with E-state index >= 15 is 0 Å². The van der Waals surface area contributed by atoms with Crippen LogP contribution in [0, 0.1) is 5.92 Å². The first-order chi connectivity index (χ1) is 10.1. The Balaban J connectivity index is 1.67. The molecule has 2 aliphatic rings. The second-order valence-electron chi connectivity index (χ2n) is 6.28. The van der Waals surface area contributed by atoms with Crippen molar-refractivity contribution in [3.05, 3.63) is 23.7 Å². The summed E-state index contributed by atoms with van der Waals surface area (Å²) in [5, 5.41) is 10.7. The van der Waals surface area contributed by atoms with Gasteiger partial charge in [0, 0.05) is 19.0 Å². The first-order valence-corrected chi connectivity index (χ1v) is 7.72. The fourth-order valence-electron chi connectivity index (χ4n) is 3.74. The topological polar surface area (TPSA) is 62.9 Å². The van der Waals surface area contributed by atoms with Gasteiger partial charge in [-0.05, 0) is 25.3 Å². The number of aliphatic hydroxyl groups is 1. The number of piperidine rings is 1. The SMILES string of the molecule is COC(=O)c1ccoc1CN1CCC2(O)CCCCC2C1. The molecule has 2 unspecified atom stereocenters. The molecule has 2 fully saturated rings. The molecule has 2 atom stereocenters. The third-order valence-corrected chi connectivity index (χ3v) is 5.03. The van der Waals surface area contributed by atoms with Gasteiger partial charge in [0.2, 0.25) is 0 Å². The van der Waals surface area contributed by atoms with Gasteiger partial charge < -0.3 is 14.3 Å². The third-order valence-electron chi connectivity index (χ3n) is 5.03. The van der Waals surface area contributed by atoms with Gasteiger partial charge >= 0.3 is 5.97 Å². The third kappa shape index (κ3) is 2.85. The van der Waals surface area contributed by atoms with Crippen molar-refractivity contribution in [1.29, 1.82) is 0 Å². The van der Waals surface area contributed by atoms with Gasteiger partial charge in [-0.3, -0.25) is 4.90 Å². The van der Waals surface area contributed by atoms with Crippen molar-refractivity contribution in [2.75, 3.05) is 20.2 Å². The van der Waals surface area contributed by atoms with Crippen molar-refractivity contribution in [1.82, 2.24) is 4.90 Å². The summed E-state index contributed by atoms with van der Waals surface area (Å²) in [7, 11) is 1.38. The Morgan fingerprint density at radius 2 is 2.38 bits per heavy atom. The maximum Gasteiger partial charge on any atom is 0.341 e. The maximum atomic E-state index is 11.7. The maximum absolute atomic E-state index is 11.7. The van der Waals surface area contributed by atoms with Crippen molar-refractivity contribution in [2.45, 2.75) is 44.2 Å². The number of furan rings is 1. The van der Waals surface area contributed by atoms with E-state index in [1.165, 1.54) is 19.8 Å². The average Bonchev–Trinajstić information content (AvgIpc) is 2.95. The van der Waals surface area contributed by atoms with Crippen molar-refractivity contribution in [3.63, 3.8) is 0 Å². The number of esters is 1. The Kier molecular flexibility index (Phi) is 4.04. The average molecular weight is 293 g/mol. The van der Waals surface area contributed by atoms with Crippen LogP contribution in [0.25, 0.3) is 0 Å². The summed E-state index contributed by atoms with van der Waals surface area (Å²) >= 11 is 0. The number of methoxy groups -OCH3 is 1. The summed E-state index contributed by atoms with van der Waals surface area (Å²) < 4.78 is 10.2. The number of carbonyl (C=O) groups excluding carboxylic acids is 1. The lowest BCUT2D eigenvalue weighted by atomic mass is 9.71. The van der Waals surface area contributed by atoms with Crippen LogP contribution in [0.5, 0.6) is 0 Å². The van der Waals surface area contributed by atoms with E-state index < -0.39 is 5.60 Å². The Bertz CT molecular complexity index is 512. The van der Waals surface area contributed by atoms with E-state index in [0.29, 0.717) is 23.8 Å². The summed E-state index contributed by atoms with van der Waals surface area (Å²) in [6.07, 6.45) is 6.70. The summed E-state index contributed by atoms with van der Waals surface area (Å²) in [5.74, 6) is 0.643. The van der Waals surface area contributed by atoms with Crippen LogP contribution in [0.3, 0.4) is 0 Å². The van der Waals surface area contributed by atoms with Gasteiger partial charge in [0.25, 0.3) is 0 Å². The highest BCUT2D eigenvalue weighted by Crippen LogP contribution is 2.40. The first kappa shape index (κ1) is 14.6. The Morgan fingerprint density at radius 1 is 1.52 bits per heavy atom. The lowest BCUT2D eigenvalue weighted by molar-refractivity contribution is -0.0976. The molecule has 1 N–H and O–H groups in total. The van der Waals surface area contributed by atoms with Crippen molar-refractivity contribution in [2.24, 2.45) is 5.92 Å². The van der Waals surface area contributed by atoms with E-state index in [-0.39, 0.29) is 5.97 Å². The molecule has 1 saturated heterocycles. The quantitative estimate of drug-likeness (QED) is 0.866. The Morgan fingerprint density at radius 3 is 3.19 bits per heavy atom. The van der Waals surface area contributed by atoms with Gasteiger partial charge in [0.05, 0.1) is 25.5 Å². The van der Waals surface area contributed by atoms with Crippen LogP contribution >= 0.6 is 0 Å². The zero-order chi connectivity index (χ0) is 14.9. The molecule has 5 heteroatoms. The van der Waals surface area contributed by atoms with E-state index in [2.05, 4.69) is 4.90 Å². The monoisotopic (exact) mass is 293 g/mol. The number of rotatable bonds is 3. The minimum Gasteiger partial charge on any atom is -0.467 e. The van der Waals surface area contributed by atoms with E-state index in [1.807, 2.05) is 0 Å². The van der Waals surface area contributed by atoms with Crippen LogP contribution in [0.4, 0.5) is 0 Å². The molecule has 0 amide bonds. The van der Waals surface area contributed by atoms with Gasteiger partial charge in [-0.25, -0.2) is 4.79 Å². The van der Waals surface area contributed by atoms with Crippen LogP contribution < -0.4 is 0 Å². The molecule has 5 nitrogen and oxygen atoms in total. The predicted octanol–water partition coefficient (Wildman–Crippen LogP) is 2.19. The van der Waals surface area contributed by atoms with Crippen molar-refractivity contribution < 1.29 is 19.1 Å². The molecular formula is C16H23NO4. The van der Waals surface area contributed by atoms with Gasteiger partial charge in [-0.2, -0.15) is 0 Å². The molecule has 1 aliphatic carbocycles. The fourth-order valence-corrected chi connectivity index (χ4v) is 3.74. The van der Waals surface area contributed by atoms with Gasteiger partial charge in [-0.15, -0.1) is 0 Å². The van der Waals surface area contributed by atoms with Crippen LogP contribution in [-0.4, -0.2) is 41.8 Å². The molecule has 3 rings (SSSR count). The first-order valence-electron chi connectivity index (χ1n) is 7.72. The number of carbonyl (C=O) groups is 1. The number of nitrogens with zero attached hydrogens (tertiary/aromatic N) is 1. The largest absolute Gasteiger partial charge is 0.467 e. The molecule has 0 bridgehead atoms. The summed E-state index contributed by atoms with van der Waals surface area (Å²) in [6, 6.07) is 1.65. The molecular weight excluding hydrogens is 270 g/mol. The molecule has 0 radical (unpaired) electrons. The highest BCUT2D eigenvalue weighted by atomic mass is 16.5. The van der Waals surface area contributed by atoms with Crippen LogP contribution in [-0.2, 0) is 11.3 Å². The molecule has 21 heavy (non-hydrogen) atoms. The Labute approximate surface area is 124 Å². The molecule has 0 spiro atoms. The molecule has 1 aromatic heterocycles.